The minimum atomic E-state index is -1.28. The number of hydrogen-bond acceptors (Lipinski definition) is 9. The van der Waals surface area contributed by atoms with E-state index in [1.54, 1.807) is 24.3 Å². The Kier molecular flexibility index (Phi) is 7.55. The number of aromatic carboxylic acids is 2. The van der Waals surface area contributed by atoms with Gasteiger partial charge in [0.1, 0.15) is 22.6 Å². The fourth-order valence-electron chi connectivity index (χ4n) is 3.11. The van der Waals surface area contributed by atoms with Gasteiger partial charge in [-0.15, -0.1) is 10.2 Å². The van der Waals surface area contributed by atoms with Crippen LogP contribution in [0, 0.1) is 0 Å². The summed E-state index contributed by atoms with van der Waals surface area (Å²) >= 11 is 1.36. The van der Waals surface area contributed by atoms with Crippen molar-refractivity contribution in [2.24, 2.45) is 20.5 Å². The SMILES string of the molecule is O=C(O)c1cc(N=Nc2ccccc2Sc2ccccc2N=Nc2ccc(O)c(C(=O)O)c2)ccc1O. The highest BCUT2D eigenvalue weighted by molar-refractivity contribution is 7.99. The monoisotopic (exact) mass is 514 g/mol. The molecule has 184 valence electrons. The highest BCUT2D eigenvalue weighted by Gasteiger charge is 2.12. The number of carboxylic acids is 2. The molecular weight excluding hydrogens is 496 g/mol. The number of aromatic hydroxyl groups is 2. The van der Waals surface area contributed by atoms with Gasteiger partial charge in [-0.3, -0.25) is 0 Å². The van der Waals surface area contributed by atoms with E-state index < -0.39 is 11.9 Å². The van der Waals surface area contributed by atoms with Gasteiger partial charge < -0.3 is 20.4 Å². The molecule has 4 aromatic rings. The molecule has 11 heteroatoms. The molecule has 0 bridgehead atoms. The summed E-state index contributed by atoms with van der Waals surface area (Å²) in [7, 11) is 0. The van der Waals surface area contributed by atoms with Crippen LogP contribution in [0.4, 0.5) is 22.7 Å². The topological polar surface area (TPSA) is 164 Å². The molecule has 0 aliphatic heterocycles. The van der Waals surface area contributed by atoms with Crippen molar-refractivity contribution in [1.29, 1.82) is 0 Å². The molecule has 0 aliphatic carbocycles. The lowest BCUT2D eigenvalue weighted by Gasteiger charge is -2.07. The molecule has 0 heterocycles. The molecule has 0 unspecified atom stereocenters. The van der Waals surface area contributed by atoms with Crippen LogP contribution in [0.5, 0.6) is 11.5 Å². The van der Waals surface area contributed by atoms with E-state index in [9.17, 15) is 30.0 Å². The first-order valence-electron chi connectivity index (χ1n) is 10.6. The van der Waals surface area contributed by atoms with Crippen LogP contribution in [-0.4, -0.2) is 32.4 Å². The highest BCUT2D eigenvalue weighted by Crippen LogP contribution is 2.40. The molecule has 0 spiro atoms. The summed E-state index contributed by atoms with van der Waals surface area (Å²) < 4.78 is 0. The van der Waals surface area contributed by atoms with Crippen LogP contribution in [0.15, 0.2) is 115 Å². The molecule has 0 radical (unpaired) electrons. The molecule has 0 atom stereocenters. The molecule has 37 heavy (non-hydrogen) atoms. The maximum Gasteiger partial charge on any atom is 0.339 e. The smallest absolute Gasteiger partial charge is 0.339 e. The Balaban J connectivity index is 1.60. The van der Waals surface area contributed by atoms with Crippen LogP contribution >= 0.6 is 11.8 Å². The Hall–Kier alpha value is -5.03. The minimum Gasteiger partial charge on any atom is -0.507 e. The molecule has 0 amide bonds. The quantitative estimate of drug-likeness (QED) is 0.177. The average molecular weight is 515 g/mol. The van der Waals surface area contributed by atoms with Gasteiger partial charge in [-0.1, -0.05) is 36.0 Å². The number of hydrogen-bond donors (Lipinski definition) is 4. The summed E-state index contributed by atoms with van der Waals surface area (Å²) in [5.41, 5.74) is 1.02. The van der Waals surface area contributed by atoms with Crippen molar-refractivity contribution in [1.82, 2.24) is 0 Å². The van der Waals surface area contributed by atoms with Gasteiger partial charge in [-0.05, 0) is 60.7 Å². The van der Waals surface area contributed by atoms with Crippen LogP contribution in [0.1, 0.15) is 20.7 Å². The Morgan fingerprint density at radius 3 is 1.38 bits per heavy atom. The van der Waals surface area contributed by atoms with Gasteiger partial charge in [0.25, 0.3) is 0 Å². The van der Waals surface area contributed by atoms with Crippen molar-refractivity contribution in [3.8, 4) is 11.5 Å². The first-order chi connectivity index (χ1) is 17.8. The van der Waals surface area contributed by atoms with E-state index in [1.807, 2.05) is 24.3 Å². The molecule has 4 N–H and O–H groups in total. The van der Waals surface area contributed by atoms with E-state index in [0.29, 0.717) is 11.4 Å². The zero-order valence-corrected chi connectivity index (χ0v) is 19.7. The van der Waals surface area contributed by atoms with Crippen LogP contribution in [0.2, 0.25) is 0 Å². The number of phenols is 2. The van der Waals surface area contributed by atoms with Crippen molar-refractivity contribution in [3.63, 3.8) is 0 Å². The first-order valence-corrected chi connectivity index (χ1v) is 11.5. The minimum absolute atomic E-state index is 0.263. The van der Waals surface area contributed by atoms with E-state index in [1.165, 1.54) is 48.2 Å². The van der Waals surface area contributed by atoms with E-state index in [0.717, 1.165) is 9.79 Å². The predicted molar refractivity (Wildman–Crippen MR) is 135 cm³/mol. The van der Waals surface area contributed by atoms with Crippen LogP contribution in [-0.2, 0) is 0 Å². The lowest BCUT2D eigenvalue weighted by atomic mass is 10.2. The Bertz CT molecular complexity index is 1440. The Morgan fingerprint density at radius 1 is 0.568 bits per heavy atom. The summed E-state index contributed by atoms with van der Waals surface area (Å²) in [6.45, 7) is 0. The van der Waals surface area contributed by atoms with E-state index in [2.05, 4.69) is 20.5 Å². The van der Waals surface area contributed by atoms with Crippen molar-refractivity contribution in [2.75, 3.05) is 0 Å². The molecule has 0 aromatic heterocycles. The summed E-state index contributed by atoms with van der Waals surface area (Å²) in [4.78, 5) is 24.0. The number of carbonyl (C=O) groups is 2. The average Bonchev–Trinajstić information content (AvgIpc) is 2.89. The van der Waals surface area contributed by atoms with Crippen molar-refractivity contribution >= 4 is 46.5 Å². The van der Waals surface area contributed by atoms with Gasteiger partial charge in [0.2, 0.25) is 0 Å². The Labute approximate surface area is 214 Å². The lowest BCUT2D eigenvalue weighted by Crippen LogP contribution is -1.95. The number of azo groups is 2. The first kappa shape index (κ1) is 25.1. The van der Waals surface area contributed by atoms with E-state index in [-0.39, 0.29) is 34.0 Å². The highest BCUT2D eigenvalue weighted by atomic mass is 32.2. The fourth-order valence-corrected chi connectivity index (χ4v) is 4.07. The van der Waals surface area contributed by atoms with Gasteiger partial charge in [-0.25, -0.2) is 9.59 Å². The van der Waals surface area contributed by atoms with Crippen LogP contribution in [0.3, 0.4) is 0 Å². The fraction of sp³-hybridized carbons (Fsp3) is 0. The standard InChI is InChI=1S/C26H18N4O6S/c31-21-11-9-15(13-17(21)25(33)34)27-29-19-5-1-3-7-23(19)37-24-8-4-2-6-20(24)30-28-16-10-12-22(32)18(14-16)26(35)36/h1-14,31-32H,(H,33,34)(H,35,36). The zero-order chi connectivity index (χ0) is 26.4. The maximum absolute atomic E-state index is 11.3. The molecule has 0 saturated carbocycles. The van der Waals surface area contributed by atoms with Crippen molar-refractivity contribution < 1.29 is 30.0 Å². The molecule has 10 nitrogen and oxygen atoms in total. The number of benzene rings is 4. The van der Waals surface area contributed by atoms with Crippen LogP contribution in [0.25, 0.3) is 0 Å². The third kappa shape index (κ3) is 6.16. The predicted octanol–water partition coefficient (Wildman–Crippen LogP) is 7.48. The third-order valence-electron chi connectivity index (χ3n) is 4.92. The second-order valence-corrected chi connectivity index (χ2v) is 8.53. The third-order valence-corrected chi connectivity index (χ3v) is 6.05. The van der Waals surface area contributed by atoms with E-state index in [4.69, 9.17) is 0 Å². The lowest BCUT2D eigenvalue weighted by molar-refractivity contribution is 0.0682. The summed E-state index contributed by atoms with van der Waals surface area (Å²) in [6, 6.07) is 22.3. The normalized spacial score (nSPS) is 11.2. The molecular formula is C26H18N4O6S. The largest absolute Gasteiger partial charge is 0.507 e. The second kappa shape index (κ2) is 11.1. The number of rotatable bonds is 8. The zero-order valence-electron chi connectivity index (χ0n) is 18.9. The molecule has 0 aliphatic rings. The molecule has 0 fully saturated rings. The Morgan fingerprint density at radius 2 is 0.973 bits per heavy atom. The molecule has 4 rings (SSSR count). The molecule has 4 aromatic carbocycles. The number of nitrogens with zero attached hydrogens (tertiary/aromatic N) is 4. The van der Waals surface area contributed by atoms with Gasteiger partial charge >= 0.3 is 11.9 Å². The summed E-state index contributed by atoms with van der Waals surface area (Å²) in [5, 5.41) is 54.5. The van der Waals surface area contributed by atoms with Gasteiger partial charge in [-0.2, -0.15) is 10.2 Å². The van der Waals surface area contributed by atoms with Gasteiger partial charge in [0.05, 0.1) is 22.7 Å². The van der Waals surface area contributed by atoms with Gasteiger partial charge in [0, 0.05) is 9.79 Å². The van der Waals surface area contributed by atoms with Crippen molar-refractivity contribution in [2.45, 2.75) is 9.79 Å². The summed E-state index contributed by atoms with van der Waals surface area (Å²) in [5.74, 6) is -3.27. The maximum atomic E-state index is 11.3. The van der Waals surface area contributed by atoms with Crippen molar-refractivity contribution in [3.05, 3.63) is 96.1 Å². The second-order valence-electron chi connectivity index (χ2n) is 7.45. The van der Waals surface area contributed by atoms with Crippen LogP contribution < -0.4 is 0 Å². The van der Waals surface area contributed by atoms with Gasteiger partial charge in [0.15, 0.2) is 0 Å². The summed E-state index contributed by atoms with van der Waals surface area (Å²) in [6.07, 6.45) is 0. The number of carboxylic acid groups (broad SMARTS) is 2. The molecule has 0 saturated heterocycles. The van der Waals surface area contributed by atoms with E-state index >= 15 is 0 Å².